The maximum atomic E-state index is 12.2. The predicted molar refractivity (Wildman–Crippen MR) is 109 cm³/mol. The molecule has 0 aromatic carbocycles. The van der Waals surface area contributed by atoms with Gasteiger partial charge in [0, 0.05) is 30.0 Å². The maximum absolute atomic E-state index is 12.2. The van der Waals surface area contributed by atoms with Gasteiger partial charge in [0.2, 0.25) is 11.8 Å². The van der Waals surface area contributed by atoms with Crippen LogP contribution in [0.4, 0.5) is 13.2 Å². The first kappa shape index (κ1) is 22.8. The molecule has 0 bridgehead atoms. The second-order valence-electron chi connectivity index (χ2n) is 7.26. The molecule has 0 aliphatic rings. The van der Waals surface area contributed by atoms with Crippen LogP contribution in [0.2, 0.25) is 5.02 Å². The third-order valence-electron chi connectivity index (χ3n) is 4.17. The molecule has 11 heteroatoms. The standard InChI is InChI=1S/C20H21ClF3N5O2/c1-12(2)27-18(30)8-17-14-11-29(28-16(14)3-5-25-17)10-13-7-15(21)19(26-9-13)31-6-4-20(22,23)24/h3,5,7,9,11-12H,4,6,8,10H2,1-2H3,(H,27,30). The molecule has 0 fully saturated rings. The van der Waals surface area contributed by atoms with Crippen molar-refractivity contribution >= 4 is 28.4 Å². The number of hydrogen-bond donors (Lipinski definition) is 1. The Bertz CT molecular complexity index is 1070. The van der Waals surface area contributed by atoms with Gasteiger partial charge in [-0.3, -0.25) is 14.5 Å². The number of hydrogen-bond acceptors (Lipinski definition) is 5. The van der Waals surface area contributed by atoms with Gasteiger partial charge in [-0.15, -0.1) is 0 Å². The predicted octanol–water partition coefficient (Wildman–Crippen LogP) is 3.93. The molecular weight excluding hydrogens is 435 g/mol. The molecule has 0 spiro atoms. The summed E-state index contributed by atoms with van der Waals surface area (Å²) in [4.78, 5) is 20.4. The number of fused-ring (bicyclic) bond motifs is 1. The Labute approximate surface area is 181 Å². The highest BCUT2D eigenvalue weighted by atomic mass is 35.5. The lowest BCUT2D eigenvalue weighted by atomic mass is 10.2. The second-order valence-corrected chi connectivity index (χ2v) is 7.67. The van der Waals surface area contributed by atoms with E-state index >= 15 is 0 Å². The van der Waals surface area contributed by atoms with E-state index in [1.807, 2.05) is 13.8 Å². The molecule has 3 rings (SSSR count). The fourth-order valence-corrected chi connectivity index (χ4v) is 3.15. The summed E-state index contributed by atoms with van der Waals surface area (Å²) >= 11 is 6.10. The Hall–Kier alpha value is -2.88. The zero-order chi connectivity index (χ0) is 22.6. The number of nitrogens with one attached hydrogen (secondary N) is 1. The van der Waals surface area contributed by atoms with Crippen LogP contribution in [-0.4, -0.2) is 44.5 Å². The summed E-state index contributed by atoms with van der Waals surface area (Å²) in [6.45, 7) is 3.54. The Morgan fingerprint density at radius 1 is 1.32 bits per heavy atom. The monoisotopic (exact) mass is 455 g/mol. The van der Waals surface area contributed by atoms with Crippen LogP contribution in [0.5, 0.6) is 5.88 Å². The van der Waals surface area contributed by atoms with Gasteiger partial charge in [-0.2, -0.15) is 18.3 Å². The van der Waals surface area contributed by atoms with Gasteiger partial charge in [-0.25, -0.2) is 4.98 Å². The molecule has 0 saturated carbocycles. The smallest absolute Gasteiger partial charge is 0.392 e. The van der Waals surface area contributed by atoms with E-state index in [1.54, 1.807) is 29.2 Å². The number of nitrogens with zero attached hydrogens (tertiary/aromatic N) is 4. The van der Waals surface area contributed by atoms with Crippen molar-refractivity contribution in [3.8, 4) is 5.88 Å². The molecule has 3 aromatic heterocycles. The van der Waals surface area contributed by atoms with E-state index in [-0.39, 0.29) is 29.3 Å². The first-order valence-electron chi connectivity index (χ1n) is 9.55. The first-order valence-corrected chi connectivity index (χ1v) is 9.93. The van der Waals surface area contributed by atoms with E-state index in [9.17, 15) is 18.0 Å². The Morgan fingerprint density at radius 2 is 2.10 bits per heavy atom. The Balaban J connectivity index is 1.71. The molecule has 3 aromatic rings. The van der Waals surface area contributed by atoms with E-state index in [2.05, 4.69) is 20.4 Å². The number of rotatable bonds is 8. The molecule has 0 saturated heterocycles. The molecule has 0 aliphatic heterocycles. The molecule has 0 radical (unpaired) electrons. The van der Waals surface area contributed by atoms with Crippen LogP contribution >= 0.6 is 11.6 Å². The average Bonchev–Trinajstić information content (AvgIpc) is 3.05. The SMILES string of the molecule is CC(C)NC(=O)Cc1nccc2nn(Cc3cnc(OCCC(F)(F)F)c(Cl)c3)cc12. The van der Waals surface area contributed by atoms with Crippen molar-refractivity contribution in [2.45, 2.75) is 45.5 Å². The van der Waals surface area contributed by atoms with Crippen LogP contribution in [0.3, 0.4) is 0 Å². The van der Waals surface area contributed by atoms with E-state index in [0.29, 0.717) is 23.3 Å². The van der Waals surface area contributed by atoms with Crippen molar-refractivity contribution in [2.24, 2.45) is 0 Å². The molecule has 1 amide bonds. The van der Waals surface area contributed by atoms with Crippen LogP contribution in [0.1, 0.15) is 31.5 Å². The van der Waals surface area contributed by atoms with Gasteiger partial charge in [0.15, 0.2) is 0 Å². The lowest BCUT2D eigenvalue weighted by Gasteiger charge is -2.10. The Morgan fingerprint density at radius 3 is 2.77 bits per heavy atom. The van der Waals surface area contributed by atoms with Crippen LogP contribution in [0, 0.1) is 0 Å². The molecule has 166 valence electrons. The van der Waals surface area contributed by atoms with Gasteiger partial charge in [-0.05, 0) is 31.5 Å². The van der Waals surface area contributed by atoms with Gasteiger partial charge in [-0.1, -0.05) is 11.6 Å². The number of carbonyl (C=O) groups excluding carboxylic acids is 1. The molecule has 0 atom stereocenters. The van der Waals surface area contributed by atoms with Crippen molar-refractivity contribution in [1.82, 2.24) is 25.1 Å². The topological polar surface area (TPSA) is 81.9 Å². The molecule has 1 N–H and O–H groups in total. The van der Waals surface area contributed by atoms with E-state index in [4.69, 9.17) is 16.3 Å². The van der Waals surface area contributed by atoms with Crippen LogP contribution < -0.4 is 10.1 Å². The number of halogens is 4. The average molecular weight is 456 g/mol. The summed E-state index contributed by atoms with van der Waals surface area (Å²) in [5.41, 5.74) is 1.99. The minimum atomic E-state index is -4.31. The Kier molecular flexibility index (Phi) is 6.99. The number of aromatic nitrogens is 4. The van der Waals surface area contributed by atoms with Crippen molar-refractivity contribution < 1.29 is 22.7 Å². The molecule has 0 aliphatic carbocycles. The first-order chi connectivity index (χ1) is 14.6. The van der Waals surface area contributed by atoms with E-state index in [1.165, 1.54) is 6.20 Å². The quantitative estimate of drug-likeness (QED) is 0.556. The lowest BCUT2D eigenvalue weighted by molar-refractivity contribution is -0.139. The molecular formula is C20H21ClF3N5O2. The van der Waals surface area contributed by atoms with Crippen molar-refractivity contribution in [3.05, 3.63) is 47.0 Å². The minimum Gasteiger partial charge on any atom is -0.476 e. The number of carbonyl (C=O) groups is 1. The normalized spacial score (nSPS) is 11.8. The highest BCUT2D eigenvalue weighted by Gasteiger charge is 2.27. The van der Waals surface area contributed by atoms with E-state index in [0.717, 1.165) is 5.39 Å². The van der Waals surface area contributed by atoms with Crippen LogP contribution in [0.25, 0.3) is 10.9 Å². The molecule has 31 heavy (non-hydrogen) atoms. The summed E-state index contributed by atoms with van der Waals surface area (Å²) in [7, 11) is 0. The zero-order valence-corrected chi connectivity index (χ0v) is 17.7. The summed E-state index contributed by atoms with van der Waals surface area (Å²) in [6, 6.07) is 3.35. The fourth-order valence-electron chi connectivity index (χ4n) is 2.90. The van der Waals surface area contributed by atoms with Gasteiger partial charge in [0.1, 0.15) is 5.02 Å². The van der Waals surface area contributed by atoms with Gasteiger partial charge in [0.05, 0.1) is 37.2 Å². The van der Waals surface area contributed by atoms with Crippen molar-refractivity contribution in [3.63, 3.8) is 0 Å². The maximum Gasteiger partial charge on any atom is 0.392 e. The number of amides is 1. The largest absolute Gasteiger partial charge is 0.476 e. The van der Waals surface area contributed by atoms with Crippen molar-refractivity contribution in [2.75, 3.05) is 6.61 Å². The summed E-state index contributed by atoms with van der Waals surface area (Å²) in [6.07, 6.45) is -0.407. The summed E-state index contributed by atoms with van der Waals surface area (Å²) in [5, 5.41) is 8.19. The summed E-state index contributed by atoms with van der Waals surface area (Å²) in [5.74, 6) is -0.178. The molecule has 3 heterocycles. The van der Waals surface area contributed by atoms with E-state index < -0.39 is 19.2 Å². The molecule has 7 nitrogen and oxygen atoms in total. The lowest BCUT2D eigenvalue weighted by Crippen LogP contribution is -2.31. The van der Waals surface area contributed by atoms with Gasteiger partial charge >= 0.3 is 6.18 Å². The van der Waals surface area contributed by atoms with Crippen LogP contribution in [0.15, 0.2) is 30.7 Å². The van der Waals surface area contributed by atoms with Crippen LogP contribution in [-0.2, 0) is 17.8 Å². The fraction of sp³-hybridized carbons (Fsp3) is 0.400. The third kappa shape index (κ3) is 6.55. The summed E-state index contributed by atoms with van der Waals surface area (Å²) < 4.78 is 43.4. The van der Waals surface area contributed by atoms with Crippen molar-refractivity contribution in [1.29, 1.82) is 0 Å². The number of pyridine rings is 2. The second kappa shape index (κ2) is 9.51. The highest BCUT2D eigenvalue weighted by molar-refractivity contribution is 6.31. The highest BCUT2D eigenvalue weighted by Crippen LogP contribution is 2.25. The number of ether oxygens (including phenoxy) is 1. The van der Waals surface area contributed by atoms with Gasteiger partial charge < -0.3 is 10.1 Å². The zero-order valence-electron chi connectivity index (χ0n) is 16.9. The number of alkyl halides is 3. The third-order valence-corrected chi connectivity index (χ3v) is 4.45. The minimum absolute atomic E-state index is 0.0343. The molecule has 0 unspecified atom stereocenters. The van der Waals surface area contributed by atoms with Gasteiger partial charge in [0.25, 0.3) is 0 Å².